The van der Waals surface area contributed by atoms with Gasteiger partial charge in [0, 0.05) is 18.0 Å². The van der Waals surface area contributed by atoms with Gasteiger partial charge in [0.25, 0.3) is 0 Å². The van der Waals surface area contributed by atoms with Gasteiger partial charge in [-0.1, -0.05) is 6.07 Å². The maximum absolute atomic E-state index is 5.06. The van der Waals surface area contributed by atoms with Crippen LogP contribution < -0.4 is 4.74 Å². The molecule has 0 aliphatic heterocycles. The summed E-state index contributed by atoms with van der Waals surface area (Å²) in [7, 11) is 1.59. The molecule has 0 atom stereocenters. The second-order valence-electron chi connectivity index (χ2n) is 2.93. The van der Waals surface area contributed by atoms with Crippen molar-refractivity contribution < 1.29 is 4.74 Å². The monoisotopic (exact) mass is 264 g/mol. The number of rotatable bonds is 2. The third kappa shape index (κ3) is 2.15. The molecule has 0 saturated heterocycles. The zero-order chi connectivity index (χ0) is 10.7. The fourth-order valence-electron chi connectivity index (χ4n) is 1.25. The summed E-state index contributed by atoms with van der Waals surface area (Å²) in [5, 5.41) is 0. The Bertz CT molecular complexity index is 459. The lowest BCUT2D eigenvalue weighted by molar-refractivity contribution is 0.395. The van der Waals surface area contributed by atoms with E-state index >= 15 is 0 Å². The number of hydrogen-bond acceptors (Lipinski definition) is 3. The molecular formula is C11H9BrN2O. The molecule has 0 spiro atoms. The average molecular weight is 265 g/mol. The molecular weight excluding hydrogens is 256 g/mol. The number of hydrogen-bond donors (Lipinski definition) is 0. The van der Waals surface area contributed by atoms with E-state index in [2.05, 4.69) is 25.9 Å². The van der Waals surface area contributed by atoms with E-state index < -0.39 is 0 Å². The van der Waals surface area contributed by atoms with Gasteiger partial charge in [0.1, 0.15) is 0 Å². The molecule has 0 aliphatic carbocycles. The van der Waals surface area contributed by atoms with Crippen molar-refractivity contribution in [3.63, 3.8) is 0 Å². The van der Waals surface area contributed by atoms with Gasteiger partial charge < -0.3 is 4.74 Å². The molecule has 0 radical (unpaired) electrons. The molecule has 76 valence electrons. The molecule has 2 heterocycles. The summed E-state index contributed by atoms with van der Waals surface area (Å²) in [4.78, 5) is 8.41. The number of aromatic nitrogens is 2. The normalized spacial score (nSPS) is 10.0. The van der Waals surface area contributed by atoms with Crippen LogP contribution in [-0.4, -0.2) is 17.1 Å². The molecule has 0 aromatic carbocycles. The van der Waals surface area contributed by atoms with Crippen molar-refractivity contribution in [2.45, 2.75) is 0 Å². The van der Waals surface area contributed by atoms with Gasteiger partial charge in [0.05, 0.1) is 17.3 Å². The van der Waals surface area contributed by atoms with Gasteiger partial charge in [0.2, 0.25) is 5.88 Å². The van der Waals surface area contributed by atoms with Crippen LogP contribution in [0.5, 0.6) is 5.88 Å². The fourth-order valence-corrected chi connectivity index (χ4v) is 1.76. The third-order valence-corrected chi connectivity index (χ3v) is 2.53. The number of pyridine rings is 2. The molecule has 2 rings (SSSR count). The predicted molar refractivity (Wildman–Crippen MR) is 61.7 cm³/mol. The van der Waals surface area contributed by atoms with Crippen LogP contribution in [-0.2, 0) is 0 Å². The third-order valence-electron chi connectivity index (χ3n) is 1.96. The SMILES string of the molecule is COc1ncc(-c2ccccn2)cc1Br. The van der Waals surface area contributed by atoms with Crippen LogP contribution in [0.1, 0.15) is 0 Å². The summed E-state index contributed by atoms with van der Waals surface area (Å²) >= 11 is 3.39. The van der Waals surface area contributed by atoms with Crippen molar-refractivity contribution in [1.82, 2.24) is 9.97 Å². The van der Waals surface area contributed by atoms with Gasteiger partial charge in [-0.25, -0.2) is 4.98 Å². The van der Waals surface area contributed by atoms with E-state index in [0.29, 0.717) is 5.88 Å². The first kappa shape index (κ1) is 10.1. The predicted octanol–water partition coefficient (Wildman–Crippen LogP) is 2.91. The molecule has 0 amide bonds. The Morgan fingerprint density at radius 2 is 2.13 bits per heavy atom. The van der Waals surface area contributed by atoms with Gasteiger partial charge in [-0.05, 0) is 34.1 Å². The van der Waals surface area contributed by atoms with E-state index in [1.165, 1.54) is 0 Å². The highest BCUT2D eigenvalue weighted by molar-refractivity contribution is 9.10. The fraction of sp³-hybridized carbons (Fsp3) is 0.0909. The van der Waals surface area contributed by atoms with E-state index in [4.69, 9.17) is 4.74 Å². The standard InChI is InChI=1S/C11H9BrN2O/c1-15-11-9(12)6-8(7-14-11)10-4-2-3-5-13-10/h2-7H,1H3. The van der Waals surface area contributed by atoms with Gasteiger partial charge in [0.15, 0.2) is 0 Å². The first-order chi connectivity index (χ1) is 7.31. The van der Waals surface area contributed by atoms with E-state index in [1.54, 1.807) is 19.5 Å². The highest BCUT2D eigenvalue weighted by Gasteiger charge is 2.04. The van der Waals surface area contributed by atoms with Crippen LogP contribution in [0, 0.1) is 0 Å². The quantitative estimate of drug-likeness (QED) is 0.837. The Balaban J connectivity index is 2.43. The topological polar surface area (TPSA) is 35.0 Å². The van der Waals surface area contributed by atoms with Crippen molar-refractivity contribution >= 4 is 15.9 Å². The molecule has 0 unspecified atom stereocenters. The van der Waals surface area contributed by atoms with E-state index in [0.717, 1.165) is 15.7 Å². The molecule has 3 nitrogen and oxygen atoms in total. The Morgan fingerprint density at radius 1 is 1.27 bits per heavy atom. The average Bonchev–Trinajstić information content (AvgIpc) is 2.30. The van der Waals surface area contributed by atoms with Crippen LogP contribution >= 0.6 is 15.9 Å². The van der Waals surface area contributed by atoms with Crippen LogP contribution in [0.2, 0.25) is 0 Å². The number of nitrogens with zero attached hydrogens (tertiary/aromatic N) is 2. The maximum Gasteiger partial charge on any atom is 0.227 e. The molecule has 0 bridgehead atoms. The van der Waals surface area contributed by atoms with Crippen molar-refractivity contribution in [2.24, 2.45) is 0 Å². The van der Waals surface area contributed by atoms with Gasteiger partial charge in [-0.2, -0.15) is 0 Å². The first-order valence-corrected chi connectivity index (χ1v) is 5.21. The molecule has 0 N–H and O–H groups in total. The Kier molecular flexibility index (Phi) is 2.97. The Hall–Kier alpha value is -1.42. The molecule has 15 heavy (non-hydrogen) atoms. The van der Waals surface area contributed by atoms with Crippen LogP contribution in [0.4, 0.5) is 0 Å². The molecule has 2 aromatic rings. The molecule has 2 aromatic heterocycles. The maximum atomic E-state index is 5.06. The van der Waals surface area contributed by atoms with E-state index in [1.807, 2.05) is 24.3 Å². The van der Waals surface area contributed by atoms with Crippen LogP contribution in [0.25, 0.3) is 11.3 Å². The van der Waals surface area contributed by atoms with Gasteiger partial charge in [-0.15, -0.1) is 0 Å². The number of methoxy groups -OCH3 is 1. The zero-order valence-electron chi connectivity index (χ0n) is 8.14. The van der Waals surface area contributed by atoms with E-state index in [-0.39, 0.29) is 0 Å². The highest BCUT2D eigenvalue weighted by Crippen LogP contribution is 2.26. The lowest BCUT2D eigenvalue weighted by Gasteiger charge is -2.04. The number of halogens is 1. The minimum Gasteiger partial charge on any atom is -0.480 e. The van der Waals surface area contributed by atoms with Gasteiger partial charge in [-0.3, -0.25) is 4.98 Å². The van der Waals surface area contributed by atoms with Crippen molar-refractivity contribution in [3.05, 3.63) is 41.1 Å². The minimum atomic E-state index is 0.578. The summed E-state index contributed by atoms with van der Waals surface area (Å²) in [5.74, 6) is 0.578. The summed E-state index contributed by atoms with van der Waals surface area (Å²) in [6, 6.07) is 7.71. The van der Waals surface area contributed by atoms with Crippen molar-refractivity contribution in [3.8, 4) is 17.1 Å². The van der Waals surface area contributed by atoms with Crippen molar-refractivity contribution in [1.29, 1.82) is 0 Å². The lowest BCUT2D eigenvalue weighted by Crippen LogP contribution is -1.90. The molecule has 0 fully saturated rings. The van der Waals surface area contributed by atoms with Crippen LogP contribution in [0.15, 0.2) is 41.1 Å². The smallest absolute Gasteiger partial charge is 0.227 e. The summed E-state index contributed by atoms with van der Waals surface area (Å²) in [6.45, 7) is 0. The lowest BCUT2D eigenvalue weighted by atomic mass is 10.2. The summed E-state index contributed by atoms with van der Waals surface area (Å²) < 4.78 is 5.88. The Labute approximate surface area is 96.3 Å². The van der Waals surface area contributed by atoms with Crippen LogP contribution in [0.3, 0.4) is 0 Å². The minimum absolute atomic E-state index is 0.578. The summed E-state index contributed by atoms with van der Waals surface area (Å²) in [5.41, 5.74) is 1.86. The molecule has 4 heteroatoms. The zero-order valence-corrected chi connectivity index (χ0v) is 9.73. The molecule has 0 saturated carbocycles. The summed E-state index contributed by atoms with van der Waals surface area (Å²) in [6.07, 6.45) is 3.50. The molecule has 0 aliphatic rings. The van der Waals surface area contributed by atoms with Crippen molar-refractivity contribution in [2.75, 3.05) is 7.11 Å². The second kappa shape index (κ2) is 4.40. The first-order valence-electron chi connectivity index (χ1n) is 4.42. The van der Waals surface area contributed by atoms with Gasteiger partial charge >= 0.3 is 0 Å². The second-order valence-corrected chi connectivity index (χ2v) is 3.78. The largest absolute Gasteiger partial charge is 0.480 e. The highest BCUT2D eigenvalue weighted by atomic mass is 79.9. The number of ether oxygens (including phenoxy) is 1. The Morgan fingerprint density at radius 3 is 2.73 bits per heavy atom. The van der Waals surface area contributed by atoms with E-state index in [9.17, 15) is 0 Å².